The number of piperidine rings is 1. The zero-order chi connectivity index (χ0) is 14.3. The summed E-state index contributed by atoms with van der Waals surface area (Å²) >= 11 is 0. The molecule has 1 aliphatic heterocycles. The van der Waals surface area contributed by atoms with Gasteiger partial charge in [-0.25, -0.2) is 8.42 Å². The van der Waals surface area contributed by atoms with E-state index in [0.717, 1.165) is 32.4 Å². The lowest BCUT2D eigenvalue weighted by atomic mass is 10.1. The van der Waals surface area contributed by atoms with Crippen LogP contribution in [-0.2, 0) is 14.8 Å². The van der Waals surface area contributed by atoms with E-state index < -0.39 is 10.0 Å². The summed E-state index contributed by atoms with van der Waals surface area (Å²) in [4.78, 5) is 0. The van der Waals surface area contributed by atoms with Crippen molar-refractivity contribution in [3.8, 4) is 0 Å². The Bertz CT molecular complexity index is 344. The molecule has 6 heteroatoms. The summed E-state index contributed by atoms with van der Waals surface area (Å²) in [5, 5.41) is 3.26. The normalized spacial score (nSPS) is 22.0. The molecule has 1 unspecified atom stereocenters. The maximum Gasteiger partial charge on any atom is 0.216 e. The molecule has 0 radical (unpaired) electrons. The van der Waals surface area contributed by atoms with Crippen LogP contribution in [0.3, 0.4) is 0 Å². The molecule has 114 valence electrons. The third-order valence-corrected chi connectivity index (χ3v) is 5.23. The molecule has 0 aliphatic carbocycles. The number of ether oxygens (including phenoxy) is 1. The molecule has 1 saturated heterocycles. The van der Waals surface area contributed by atoms with Gasteiger partial charge in [0, 0.05) is 19.1 Å². The lowest BCUT2D eigenvalue weighted by Crippen LogP contribution is -2.49. The van der Waals surface area contributed by atoms with Crippen molar-refractivity contribution in [3.63, 3.8) is 0 Å². The van der Waals surface area contributed by atoms with E-state index in [1.807, 2.05) is 20.8 Å². The Morgan fingerprint density at radius 2 is 2.11 bits per heavy atom. The number of hydrogen-bond donors (Lipinski definition) is 1. The number of hydrogen-bond acceptors (Lipinski definition) is 4. The third kappa shape index (κ3) is 5.77. The Labute approximate surface area is 117 Å². The Balaban J connectivity index is 2.56. The Morgan fingerprint density at radius 3 is 2.74 bits per heavy atom. The fourth-order valence-electron chi connectivity index (χ4n) is 2.36. The highest BCUT2D eigenvalue weighted by atomic mass is 32.2. The first-order valence-corrected chi connectivity index (χ1v) is 8.90. The van der Waals surface area contributed by atoms with E-state index in [-0.39, 0.29) is 24.5 Å². The number of sulfonamides is 1. The molecule has 0 aromatic rings. The van der Waals surface area contributed by atoms with Gasteiger partial charge in [-0.2, -0.15) is 4.31 Å². The largest absolute Gasteiger partial charge is 0.378 e. The molecule has 1 rings (SSSR count). The van der Waals surface area contributed by atoms with Gasteiger partial charge in [-0.15, -0.1) is 0 Å². The van der Waals surface area contributed by atoms with E-state index in [2.05, 4.69) is 5.32 Å². The lowest BCUT2D eigenvalue weighted by Gasteiger charge is -2.34. The van der Waals surface area contributed by atoms with Gasteiger partial charge < -0.3 is 10.1 Å². The highest BCUT2D eigenvalue weighted by Gasteiger charge is 2.31. The predicted octanol–water partition coefficient (Wildman–Crippen LogP) is 1.21. The molecule has 1 fully saturated rings. The standard InChI is InChI=1S/C13H28N2O3S/c1-4-14-11-13-7-5-6-8-15(13)19(16,17)10-9-18-12(2)3/h12-14H,4-11H2,1-3H3. The maximum atomic E-state index is 12.4. The fourth-order valence-corrected chi connectivity index (χ4v) is 3.94. The topological polar surface area (TPSA) is 58.6 Å². The zero-order valence-electron chi connectivity index (χ0n) is 12.4. The van der Waals surface area contributed by atoms with Gasteiger partial charge >= 0.3 is 0 Å². The number of rotatable bonds is 8. The smallest absolute Gasteiger partial charge is 0.216 e. The van der Waals surface area contributed by atoms with Crippen molar-refractivity contribution in [2.45, 2.75) is 52.2 Å². The molecule has 0 spiro atoms. The number of nitrogens with one attached hydrogen (secondary N) is 1. The van der Waals surface area contributed by atoms with Crippen molar-refractivity contribution in [3.05, 3.63) is 0 Å². The summed E-state index contributed by atoms with van der Waals surface area (Å²) in [6.07, 6.45) is 3.11. The van der Waals surface area contributed by atoms with E-state index in [1.165, 1.54) is 0 Å². The summed E-state index contributed by atoms with van der Waals surface area (Å²) in [6, 6.07) is 0.109. The van der Waals surface area contributed by atoms with Gasteiger partial charge in [0.1, 0.15) is 0 Å². The monoisotopic (exact) mass is 292 g/mol. The van der Waals surface area contributed by atoms with Gasteiger partial charge in [0.2, 0.25) is 10.0 Å². The van der Waals surface area contributed by atoms with E-state index in [1.54, 1.807) is 4.31 Å². The molecule has 19 heavy (non-hydrogen) atoms. The molecule has 1 aliphatic rings. The molecule has 5 nitrogen and oxygen atoms in total. The van der Waals surface area contributed by atoms with Crippen LogP contribution >= 0.6 is 0 Å². The van der Waals surface area contributed by atoms with Crippen LogP contribution in [0.4, 0.5) is 0 Å². The Morgan fingerprint density at radius 1 is 1.37 bits per heavy atom. The SMILES string of the molecule is CCNCC1CCCCN1S(=O)(=O)CCOC(C)C. The van der Waals surface area contributed by atoms with Crippen LogP contribution < -0.4 is 5.32 Å². The van der Waals surface area contributed by atoms with Crippen molar-refractivity contribution in [1.82, 2.24) is 9.62 Å². The molecule has 0 amide bonds. The van der Waals surface area contributed by atoms with Crippen LogP contribution in [0.25, 0.3) is 0 Å². The highest BCUT2D eigenvalue weighted by Crippen LogP contribution is 2.20. The van der Waals surface area contributed by atoms with Crippen LogP contribution in [-0.4, -0.2) is 56.9 Å². The third-order valence-electron chi connectivity index (χ3n) is 3.35. The van der Waals surface area contributed by atoms with Crippen molar-refractivity contribution in [2.75, 3.05) is 32.0 Å². The lowest BCUT2D eigenvalue weighted by molar-refractivity contribution is 0.0902. The molecular formula is C13H28N2O3S. The molecule has 0 saturated carbocycles. The second kappa shape index (κ2) is 8.19. The Hall–Kier alpha value is -0.170. The van der Waals surface area contributed by atoms with Gasteiger partial charge in [0.25, 0.3) is 0 Å². The van der Waals surface area contributed by atoms with E-state index >= 15 is 0 Å². The summed E-state index contributed by atoms with van der Waals surface area (Å²) < 4.78 is 31.8. The predicted molar refractivity (Wildman–Crippen MR) is 77.8 cm³/mol. The Kier molecular flexibility index (Phi) is 7.28. The van der Waals surface area contributed by atoms with Crippen LogP contribution in [0.2, 0.25) is 0 Å². The van der Waals surface area contributed by atoms with E-state index in [9.17, 15) is 8.42 Å². The van der Waals surface area contributed by atoms with Gasteiger partial charge in [0.15, 0.2) is 0 Å². The van der Waals surface area contributed by atoms with Gasteiger partial charge in [-0.1, -0.05) is 13.3 Å². The van der Waals surface area contributed by atoms with Gasteiger partial charge in [-0.05, 0) is 33.2 Å². The van der Waals surface area contributed by atoms with Gasteiger partial charge in [-0.3, -0.25) is 0 Å². The zero-order valence-corrected chi connectivity index (χ0v) is 13.2. The second-order valence-electron chi connectivity index (χ2n) is 5.30. The van der Waals surface area contributed by atoms with E-state index in [4.69, 9.17) is 4.74 Å². The molecule has 0 aromatic carbocycles. The minimum absolute atomic E-state index is 0.0779. The van der Waals surface area contributed by atoms with Crippen molar-refractivity contribution in [1.29, 1.82) is 0 Å². The van der Waals surface area contributed by atoms with Crippen LogP contribution in [0.1, 0.15) is 40.0 Å². The number of likely N-dealkylation sites (N-methyl/N-ethyl adjacent to an activating group) is 1. The minimum atomic E-state index is -3.19. The van der Waals surface area contributed by atoms with Crippen LogP contribution in [0.15, 0.2) is 0 Å². The fraction of sp³-hybridized carbons (Fsp3) is 1.00. The summed E-state index contributed by atoms with van der Waals surface area (Å²) in [7, 11) is -3.19. The highest BCUT2D eigenvalue weighted by molar-refractivity contribution is 7.89. The average Bonchev–Trinajstić information content (AvgIpc) is 2.36. The van der Waals surface area contributed by atoms with Crippen molar-refractivity contribution >= 4 is 10.0 Å². The molecule has 1 atom stereocenters. The average molecular weight is 292 g/mol. The summed E-state index contributed by atoms with van der Waals surface area (Å²) in [5.74, 6) is 0.0911. The van der Waals surface area contributed by atoms with Gasteiger partial charge in [0.05, 0.1) is 18.5 Å². The van der Waals surface area contributed by atoms with Crippen LogP contribution in [0, 0.1) is 0 Å². The molecule has 0 aromatic heterocycles. The first kappa shape index (κ1) is 16.9. The quantitative estimate of drug-likeness (QED) is 0.730. The first-order valence-electron chi connectivity index (χ1n) is 7.29. The van der Waals surface area contributed by atoms with Crippen molar-refractivity contribution in [2.24, 2.45) is 0 Å². The van der Waals surface area contributed by atoms with Crippen LogP contribution in [0.5, 0.6) is 0 Å². The summed E-state index contributed by atoms with van der Waals surface area (Å²) in [6.45, 7) is 8.44. The van der Waals surface area contributed by atoms with Crippen molar-refractivity contribution < 1.29 is 13.2 Å². The molecule has 0 bridgehead atoms. The molecule has 1 heterocycles. The van der Waals surface area contributed by atoms with E-state index in [0.29, 0.717) is 6.54 Å². The molecular weight excluding hydrogens is 264 g/mol. The number of nitrogens with zero attached hydrogens (tertiary/aromatic N) is 1. The maximum absolute atomic E-state index is 12.4. The minimum Gasteiger partial charge on any atom is -0.378 e. The first-order chi connectivity index (χ1) is 8.97. The second-order valence-corrected chi connectivity index (χ2v) is 7.34. The summed E-state index contributed by atoms with van der Waals surface area (Å²) in [5.41, 5.74) is 0. The molecule has 1 N–H and O–H groups in total.